The molecule has 1 unspecified atom stereocenters. The van der Waals surface area contributed by atoms with Crippen molar-refractivity contribution in [1.29, 1.82) is 0 Å². The number of fused-ring (bicyclic) bond motifs is 2. The standard InChI is InChI=1S/C40H39N7O5/c1-52-30-13-8-26(9-14-30)23-45(29-12-15-31-32(20-29)40(51)47(39(31)50)37-36(48)16-18-41-38(37)49)19-17-25-6-10-28(11-7-25)46-24-27(21-43-46)35-22-42-33-4-2-3-5-34(33)44-35/h2-5,8-9,12-15,20-22,24-25,28,37H,6-7,10-11,16-19,23H2,1H3,(H,41,49). The van der Waals surface area contributed by atoms with Gasteiger partial charge in [-0.1, -0.05) is 24.3 Å². The summed E-state index contributed by atoms with van der Waals surface area (Å²) in [4.78, 5) is 64.6. The third-order valence-electron chi connectivity index (χ3n) is 10.6. The van der Waals surface area contributed by atoms with Crippen LogP contribution in [0, 0.1) is 5.92 Å². The summed E-state index contributed by atoms with van der Waals surface area (Å²) in [5.41, 5.74) is 5.79. The summed E-state index contributed by atoms with van der Waals surface area (Å²) < 4.78 is 7.44. The molecule has 264 valence electrons. The number of piperidine rings is 1. The van der Waals surface area contributed by atoms with Crippen LogP contribution < -0.4 is 15.0 Å². The molecule has 52 heavy (non-hydrogen) atoms. The number of hydrogen-bond acceptors (Lipinski definition) is 9. The second-order valence-corrected chi connectivity index (χ2v) is 13.8. The van der Waals surface area contributed by atoms with Gasteiger partial charge in [0, 0.05) is 43.5 Å². The van der Waals surface area contributed by atoms with Gasteiger partial charge in [-0.2, -0.15) is 5.10 Å². The van der Waals surface area contributed by atoms with Gasteiger partial charge < -0.3 is 15.0 Å². The summed E-state index contributed by atoms with van der Waals surface area (Å²) >= 11 is 0. The lowest BCUT2D eigenvalue weighted by atomic mass is 9.84. The van der Waals surface area contributed by atoms with Gasteiger partial charge in [0.2, 0.25) is 0 Å². The second kappa shape index (κ2) is 14.0. The van der Waals surface area contributed by atoms with Crippen LogP contribution in [0.1, 0.15) is 70.8 Å². The van der Waals surface area contributed by atoms with Gasteiger partial charge in [0.1, 0.15) is 5.75 Å². The highest BCUT2D eigenvalue weighted by molar-refractivity contribution is 6.26. The highest BCUT2D eigenvalue weighted by Crippen LogP contribution is 2.36. The molecule has 2 aromatic heterocycles. The van der Waals surface area contributed by atoms with Crippen molar-refractivity contribution in [3.63, 3.8) is 0 Å². The van der Waals surface area contributed by atoms with Crippen molar-refractivity contribution in [3.8, 4) is 17.0 Å². The molecular weight excluding hydrogens is 658 g/mol. The van der Waals surface area contributed by atoms with Crippen molar-refractivity contribution >= 4 is 40.2 Å². The fourth-order valence-electron chi connectivity index (χ4n) is 7.68. The molecule has 12 nitrogen and oxygen atoms in total. The average molecular weight is 698 g/mol. The van der Waals surface area contributed by atoms with Crippen molar-refractivity contribution < 1.29 is 23.9 Å². The highest BCUT2D eigenvalue weighted by atomic mass is 16.5. The first-order valence-corrected chi connectivity index (χ1v) is 17.8. The van der Waals surface area contributed by atoms with Crippen molar-refractivity contribution in [3.05, 3.63) is 102 Å². The third kappa shape index (κ3) is 6.40. The number of Topliss-reactive ketones (excluding diaryl/α,β-unsaturated/α-hetero) is 1. The number of nitrogens with one attached hydrogen (secondary N) is 1. The first-order chi connectivity index (χ1) is 25.4. The van der Waals surface area contributed by atoms with E-state index in [0.717, 1.165) is 82.8 Å². The summed E-state index contributed by atoms with van der Waals surface area (Å²) in [6.45, 7) is 1.53. The molecule has 2 aliphatic heterocycles. The Bertz CT molecular complexity index is 2160. The van der Waals surface area contributed by atoms with Gasteiger partial charge in [-0.05, 0) is 86.1 Å². The first kappa shape index (κ1) is 33.2. The van der Waals surface area contributed by atoms with Crippen LogP contribution in [0.15, 0.2) is 85.3 Å². The van der Waals surface area contributed by atoms with E-state index in [0.29, 0.717) is 18.5 Å². The number of anilines is 1. The van der Waals surface area contributed by atoms with Crippen LogP contribution in [-0.2, 0) is 16.1 Å². The van der Waals surface area contributed by atoms with Gasteiger partial charge in [-0.15, -0.1) is 0 Å². The van der Waals surface area contributed by atoms with Crippen LogP contribution in [0.3, 0.4) is 0 Å². The number of aromatic nitrogens is 4. The molecule has 1 atom stereocenters. The SMILES string of the molecule is COc1ccc(CN(CCC2CCC(n3cc(-c4cnc5ccccc5n4)cn3)CC2)c2ccc3c(c2)C(=O)N(C2C(=O)CCNC2=O)C3=O)cc1. The molecule has 5 aromatic rings. The van der Waals surface area contributed by atoms with Gasteiger partial charge in [0.25, 0.3) is 17.7 Å². The largest absolute Gasteiger partial charge is 0.497 e. The topological polar surface area (TPSA) is 140 Å². The van der Waals surface area contributed by atoms with Gasteiger partial charge in [-0.3, -0.25) is 33.7 Å². The monoisotopic (exact) mass is 697 g/mol. The number of rotatable bonds is 10. The molecule has 3 aliphatic rings. The van der Waals surface area contributed by atoms with E-state index >= 15 is 0 Å². The number of nitrogens with zero attached hydrogens (tertiary/aromatic N) is 6. The molecule has 1 N–H and O–H groups in total. The minimum atomic E-state index is -1.43. The lowest BCUT2D eigenvalue weighted by Crippen LogP contribution is -2.57. The Morgan fingerprint density at radius 3 is 2.42 bits per heavy atom. The van der Waals surface area contributed by atoms with Gasteiger partial charge in [0.05, 0.1) is 53.4 Å². The lowest BCUT2D eigenvalue weighted by molar-refractivity contribution is -0.136. The van der Waals surface area contributed by atoms with E-state index < -0.39 is 29.5 Å². The molecule has 12 heteroatoms. The smallest absolute Gasteiger partial charge is 0.262 e. The van der Waals surface area contributed by atoms with E-state index in [2.05, 4.69) is 26.1 Å². The number of hydrogen-bond donors (Lipinski definition) is 1. The maximum absolute atomic E-state index is 13.6. The number of benzene rings is 3. The van der Waals surface area contributed by atoms with Crippen molar-refractivity contribution in [2.75, 3.05) is 25.1 Å². The molecular formula is C40H39N7O5. The molecule has 1 saturated heterocycles. The van der Waals surface area contributed by atoms with Crippen molar-refractivity contribution in [2.24, 2.45) is 5.92 Å². The number of methoxy groups -OCH3 is 1. The molecule has 8 rings (SSSR count). The Hall–Kier alpha value is -5.91. The van der Waals surface area contributed by atoms with Gasteiger partial charge in [-0.25, -0.2) is 4.98 Å². The average Bonchev–Trinajstić information content (AvgIpc) is 3.76. The van der Waals surface area contributed by atoms with E-state index in [1.165, 1.54) is 0 Å². The Morgan fingerprint density at radius 2 is 1.65 bits per heavy atom. The maximum Gasteiger partial charge on any atom is 0.262 e. The van der Waals surface area contributed by atoms with Crippen LogP contribution in [0.25, 0.3) is 22.3 Å². The van der Waals surface area contributed by atoms with E-state index in [4.69, 9.17) is 14.8 Å². The fraction of sp³-hybridized carbons (Fsp3) is 0.325. The van der Waals surface area contributed by atoms with Crippen LogP contribution >= 0.6 is 0 Å². The zero-order valence-electron chi connectivity index (χ0n) is 28.9. The number of para-hydroxylation sites is 2. The number of ether oxygens (including phenoxy) is 1. The van der Waals surface area contributed by atoms with Crippen molar-refractivity contribution in [1.82, 2.24) is 30.0 Å². The third-order valence-corrected chi connectivity index (χ3v) is 10.6. The Balaban J connectivity index is 0.958. The zero-order valence-corrected chi connectivity index (χ0v) is 28.9. The number of carbonyl (C=O) groups excluding carboxylic acids is 4. The molecule has 1 saturated carbocycles. The molecule has 0 radical (unpaired) electrons. The molecule has 3 aromatic carbocycles. The molecule has 4 heterocycles. The van der Waals surface area contributed by atoms with Crippen LogP contribution in [0.2, 0.25) is 0 Å². The summed E-state index contributed by atoms with van der Waals surface area (Å²) in [7, 11) is 1.64. The number of amides is 3. The van der Waals surface area contributed by atoms with E-state index in [-0.39, 0.29) is 24.1 Å². The van der Waals surface area contributed by atoms with E-state index in [1.807, 2.05) is 60.8 Å². The van der Waals surface area contributed by atoms with Crippen LogP contribution in [-0.4, -0.2) is 74.4 Å². The van der Waals surface area contributed by atoms with Gasteiger partial charge >= 0.3 is 0 Å². The quantitative estimate of drug-likeness (QED) is 0.150. The fourth-order valence-corrected chi connectivity index (χ4v) is 7.68. The molecule has 0 bridgehead atoms. The van der Waals surface area contributed by atoms with Crippen LogP contribution in [0.4, 0.5) is 5.69 Å². The maximum atomic E-state index is 13.6. The van der Waals surface area contributed by atoms with E-state index in [1.54, 1.807) is 25.4 Å². The molecule has 3 amide bonds. The Labute approximate surface area is 300 Å². The first-order valence-electron chi connectivity index (χ1n) is 17.8. The molecule has 1 aliphatic carbocycles. The summed E-state index contributed by atoms with van der Waals surface area (Å²) in [5.74, 6) is -0.996. The summed E-state index contributed by atoms with van der Waals surface area (Å²) in [6, 6.07) is 19.9. The number of ketones is 1. The predicted molar refractivity (Wildman–Crippen MR) is 194 cm³/mol. The summed E-state index contributed by atoms with van der Waals surface area (Å²) in [5, 5.41) is 7.33. The molecule has 0 spiro atoms. The predicted octanol–water partition coefficient (Wildman–Crippen LogP) is 5.38. The Kier molecular flexibility index (Phi) is 8.96. The second-order valence-electron chi connectivity index (χ2n) is 13.8. The lowest BCUT2D eigenvalue weighted by Gasteiger charge is -2.32. The van der Waals surface area contributed by atoms with Gasteiger partial charge in [0.15, 0.2) is 11.8 Å². The normalized spacial score (nSPS) is 20.2. The minimum absolute atomic E-state index is 0.0795. The molecule has 2 fully saturated rings. The zero-order chi connectivity index (χ0) is 35.8. The summed E-state index contributed by atoms with van der Waals surface area (Å²) in [6.07, 6.45) is 11.0. The minimum Gasteiger partial charge on any atom is -0.497 e. The Morgan fingerprint density at radius 1 is 0.885 bits per heavy atom. The number of imide groups is 1. The highest BCUT2D eigenvalue weighted by Gasteiger charge is 2.47. The van der Waals surface area contributed by atoms with E-state index in [9.17, 15) is 19.2 Å². The number of carbonyl (C=O) groups is 4. The van der Waals surface area contributed by atoms with Crippen LogP contribution in [0.5, 0.6) is 5.75 Å². The van der Waals surface area contributed by atoms with Crippen molar-refractivity contribution in [2.45, 2.75) is 57.2 Å².